The van der Waals surface area contributed by atoms with Crippen molar-refractivity contribution in [3.8, 4) is 0 Å². The van der Waals surface area contributed by atoms with Crippen LogP contribution in [0, 0.1) is 0 Å². The van der Waals surface area contributed by atoms with E-state index in [1.54, 1.807) is 18.2 Å². The first-order valence-corrected chi connectivity index (χ1v) is 6.26. The molecular weight excluding hydrogens is 292 g/mol. The topological polar surface area (TPSA) is 58.2 Å². The van der Waals surface area contributed by atoms with Crippen molar-refractivity contribution < 1.29 is 8.42 Å². The van der Waals surface area contributed by atoms with Gasteiger partial charge in [-0.25, -0.2) is 4.72 Å². The Bertz CT molecular complexity index is 435. The van der Waals surface area contributed by atoms with E-state index in [0.29, 0.717) is 10.7 Å². The Hall–Kier alpha value is -0.300. The minimum atomic E-state index is -3.52. The summed E-state index contributed by atoms with van der Waals surface area (Å²) in [6.07, 6.45) is 0. The Labute approximate surface area is 96.0 Å². The summed E-state index contributed by atoms with van der Waals surface area (Å²) in [6, 6.07) is 4.90. The second-order valence-electron chi connectivity index (χ2n) is 2.43. The van der Waals surface area contributed by atoms with E-state index < -0.39 is 10.2 Å². The average molecular weight is 300 g/mol. The van der Waals surface area contributed by atoms with E-state index in [4.69, 9.17) is 11.6 Å². The van der Waals surface area contributed by atoms with Gasteiger partial charge in [-0.15, -0.1) is 0 Å². The summed E-state index contributed by atoms with van der Waals surface area (Å²) in [5.74, 6) is 0. The highest BCUT2D eigenvalue weighted by atomic mass is 79.9. The molecule has 14 heavy (non-hydrogen) atoms. The van der Waals surface area contributed by atoms with Crippen LogP contribution >= 0.6 is 27.5 Å². The number of anilines is 1. The van der Waals surface area contributed by atoms with E-state index in [1.165, 1.54) is 7.05 Å². The summed E-state index contributed by atoms with van der Waals surface area (Å²) < 4.78 is 27.4. The van der Waals surface area contributed by atoms with Crippen molar-refractivity contribution in [3.05, 3.63) is 27.7 Å². The molecule has 0 saturated carbocycles. The van der Waals surface area contributed by atoms with Crippen LogP contribution < -0.4 is 9.44 Å². The molecule has 1 aromatic carbocycles. The zero-order valence-corrected chi connectivity index (χ0v) is 10.4. The summed E-state index contributed by atoms with van der Waals surface area (Å²) >= 11 is 9.00. The Morgan fingerprint density at radius 1 is 1.43 bits per heavy atom. The molecule has 0 saturated heterocycles. The molecule has 7 heteroatoms. The zero-order valence-electron chi connectivity index (χ0n) is 7.21. The maximum Gasteiger partial charge on any atom is 0.298 e. The molecular formula is C7H8BrClN2O2S. The minimum Gasteiger partial charge on any atom is -0.270 e. The maximum atomic E-state index is 11.1. The molecule has 2 N–H and O–H groups in total. The van der Waals surface area contributed by atoms with Gasteiger partial charge in [0.1, 0.15) is 0 Å². The van der Waals surface area contributed by atoms with E-state index in [0.717, 1.165) is 4.47 Å². The fourth-order valence-corrected chi connectivity index (χ4v) is 1.91. The van der Waals surface area contributed by atoms with Gasteiger partial charge >= 0.3 is 0 Å². The number of nitrogens with one attached hydrogen (secondary N) is 2. The third-order valence-electron chi connectivity index (χ3n) is 1.44. The SMILES string of the molecule is CNS(=O)(=O)Nc1cc(Br)ccc1Cl. The molecule has 78 valence electrons. The summed E-state index contributed by atoms with van der Waals surface area (Å²) in [6.45, 7) is 0. The van der Waals surface area contributed by atoms with Crippen LogP contribution in [-0.2, 0) is 10.2 Å². The molecule has 0 unspecified atom stereocenters. The third-order valence-corrected chi connectivity index (χ3v) is 3.29. The highest BCUT2D eigenvalue weighted by Crippen LogP contribution is 2.26. The average Bonchev–Trinajstić information content (AvgIpc) is 2.11. The van der Waals surface area contributed by atoms with Crippen LogP contribution in [0.5, 0.6) is 0 Å². The first-order valence-electron chi connectivity index (χ1n) is 3.61. The molecule has 0 atom stereocenters. The lowest BCUT2D eigenvalue weighted by atomic mass is 10.3. The summed E-state index contributed by atoms with van der Waals surface area (Å²) in [5.41, 5.74) is 0.329. The first kappa shape index (κ1) is 11.8. The van der Waals surface area contributed by atoms with Crippen molar-refractivity contribution in [2.75, 3.05) is 11.8 Å². The molecule has 0 bridgehead atoms. The van der Waals surface area contributed by atoms with Gasteiger partial charge in [-0.05, 0) is 18.2 Å². The molecule has 0 heterocycles. The quantitative estimate of drug-likeness (QED) is 0.896. The van der Waals surface area contributed by atoms with Gasteiger partial charge < -0.3 is 0 Å². The normalized spacial score (nSPS) is 11.4. The molecule has 4 nitrogen and oxygen atoms in total. The second kappa shape index (κ2) is 4.48. The molecule has 0 fully saturated rings. The van der Waals surface area contributed by atoms with Crippen LogP contribution in [0.3, 0.4) is 0 Å². The first-order chi connectivity index (χ1) is 6.44. The predicted molar refractivity (Wildman–Crippen MR) is 60.8 cm³/mol. The molecule has 0 aliphatic rings. The van der Waals surface area contributed by atoms with Crippen molar-refractivity contribution in [2.45, 2.75) is 0 Å². The van der Waals surface area contributed by atoms with Crippen LogP contribution in [0.25, 0.3) is 0 Å². The lowest BCUT2D eigenvalue weighted by molar-refractivity contribution is 0.593. The molecule has 0 amide bonds. The fourth-order valence-electron chi connectivity index (χ4n) is 0.771. The van der Waals surface area contributed by atoms with Crippen LogP contribution in [0.2, 0.25) is 5.02 Å². The number of hydrogen-bond acceptors (Lipinski definition) is 2. The highest BCUT2D eigenvalue weighted by molar-refractivity contribution is 9.10. The summed E-state index contributed by atoms with van der Waals surface area (Å²) in [5, 5.41) is 0.340. The smallest absolute Gasteiger partial charge is 0.270 e. The Morgan fingerprint density at radius 2 is 2.07 bits per heavy atom. The van der Waals surface area contributed by atoms with Crippen molar-refractivity contribution in [3.63, 3.8) is 0 Å². The van der Waals surface area contributed by atoms with Crippen molar-refractivity contribution in [1.29, 1.82) is 0 Å². The van der Waals surface area contributed by atoms with Gasteiger partial charge in [-0.3, -0.25) is 4.72 Å². The third kappa shape index (κ3) is 3.13. The minimum absolute atomic E-state index is 0.329. The van der Waals surface area contributed by atoms with Gasteiger partial charge in [-0.2, -0.15) is 8.42 Å². The van der Waals surface area contributed by atoms with Gasteiger partial charge in [0.2, 0.25) is 0 Å². The van der Waals surface area contributed by atoms with E-state index in [1.807, 2.05) is 0 Å². The summed E-state index contributed by atoms with van der Waals surface area (Å²) in [4.78, 5) is 0. The molecule has 1 rings (SSSR count). The molecule has 0 radical (unpaired) electrons. The molecule has 0 aromatic heterocycles. The lowest BCUT2D eigenvalue weighted by Gasteiger charge is -2.08. The van der Waals surface area contributed by atoms with Gasteiger partial charge in [0, 0.05) is 11.5 Å². The number of hydrogen-bond donors (Lipinski definition) is 2. The van der Waals surface area contributed by atoms with E-state index in [2.05, 4.69) is 25.4 Å². The number of halogens is 2. The van der Waals surface area contributed by atoms with Gasteiger partial charge in [0.05, 0.1) is 10.7 Å². The van der Waals surface area contributed by atoms with E-state index >= 15 is 0 Å². The van der Waals surface area contributed by atoms with Crippen LogP contribution in [0.4, 0.5) is 5.69 Å². The molecule has 0 aliphatic heterocycles. The van der Waals surface area contributed by atoms with Crippen LogP contribution in [0.1, 0.15) is 0 Å². The standard InChI is InChI=1S/C7H8BrClN2O2S/c1-10-14(12,13)11-7-4-5(8)2-3-6(7)9/h2-4,10-11H,1H3. The van der Waals surface area contributed by atoms with Crippen LogP contribution in [-0.4, -0.2) is 15.5 Å². The van der Waals surface area contributed by atoms with Gasteiger partial charge in [0.15, 0.2) is 0 Å². The zero-order chi connectivity index (χ0) is 10.8. The Balaban J connectivity index is 3.03. The van der Waals surface area contributed by atoms with Crippen molar-refractivity contribution in [1.82, 2.24) is 4.72 Å². The number of benzene rings is 1. The van der Waals surface area contributed by atoms with Crippen molar-refractivity contribution in [2.24, 2.45) is 0 Å². The second-order valence-corrected chi connectivity index (χ2v) is 5.38. The van der Waals surface area contributed by atoms with E-state index in [-0.39, 0.29) is 0 Å². The Kier molecular flexibility index (Phi) is 3.77. The predicted octanol–water partition coefficient (Wildman–Crippen LogP) is 1.98. The highest BCUT2D eigenvalue weighted by Gasteiger charge is 2.09. The molecule has 1 aromatic rings. The molecule has 0 aliphatic carbocycles. The maximum absolute atomic E-state index is 11.1. The van der Waals surface area contributed by atoms with Gasteiger partial charge in [-0.1, -0.05) is 27.5 Å². The van der Waals surface area contributed by atoms with Gasteiger partial charge in [0.25, 0.3) is 10.2 Å². The largest absolute Gasteiger partial charge is 0.298 e. The van der Waals surface area contributed by atoms with E-state index in [9.17, 15) is 8.42 Å². The van der Waals surface area contributed by atoms with Crippen molar-refractivity contribution >= 4 is 43.4 Å². The molecule has 0 spiro atoms. The lowest BCUT2D eigenvalue weighted by Crippen LogP contribution is -2.26. The summed E-state index contributed by atoms with van der Waals surface area (Å²) in [7, 11) is -2.20. The fraction of sp³-hybridized carbons (Fsp3) is 0.143. The number of rotatable bonds is 3. The van der Waals surface area contributed by atoms with Crippen LogP contribution in [0.15, 0.2) is 22.7 Å². The Morgan fingerprint density at radius 3 is 2.64 bits per heavy atom. The monoisotopic (exact) mass is 298 g/mol.